The number of benzene rings is 1. The number of methoxy groups -OCH3 is 1. The summed E-state index contributed by atoms with van der Waals surface area (Å²) in [5, 5.41) is 25.0. The molecule has 1 aromatic rings. The van der Waals surface area contributed by atoms with Crippen molar-refractivity contribution in [1.82, 2.24) is 15.1 Å². The quantitative estimate of drug-likeness (QED) is 0.215. The van der Waals surface area contributed by atoms with Gasteiger partial charge in [-0.05, 0) is 62.1 Å². The van der Waals surface area contributed by atoms with Gasteiger partial charge in [0.05, 0.1) is 5.60 Å². The first-order valence-electron chi connectivity index (χ1n) is 15.0. The maximum absolute atomic E-state index is 13.6. The number of aliphatic hydroxyl groups is 1. The fourth-order valence-corrected chi connectivity index (χ4v) is 6.69. The van der Waals surface area contributed by atoms with Gasteiger partial charge in [-0.2, -0.15) is 13.2 Å². The van der Waals surface area contributed by atoms with Gasteiger partial charge in [0.2, 0.25) is 0 Å². The monoisotopic (exact) mass is 619 g/mol. The Balaban J connectivity index is 1.76. The molecule has 12 heteroatoms. The van der Waals surface area contributed by atoms with Gasteiger partial charge in [0.25, 0.3) is 0 Å². The van der Waals surface area contributed by atoms with Crippen molar-refractivity contribution in [1.29, 1.82) is 0 Å². The average Bonchev–Trinajstić information content (AvgIpc) is 2.94. The second-order valence-corrected chi connectivity index (χ2v) is 12.3. The molecule has 2 fully saturated rings. The summed E-state index contributed by atoms with van der Waals surface area (Å²) in [6.45, 7) is -0.796. The Morgan fingerprint density at radius 1 is 1.17 bits per heavy atom. The molecule has 3 rings (SSSR count). The number of halogens is 4. The van der Waals surface area contributed by atoms with Crippen LogP contribution in [0.15, 0.2) is 24.3 Å². The van der Waals surface area contributed by atoms with E-state index in [-0.39, 0.29) is 18.4 Å². The van der Waals surface area contributed by atoms with Crippen LogP contribution in [0.3, 0.4) is 0 Å². The van der Waals surface area contributed by atoms with Crippen molar-refractivity contribution in [3.8, 4) is 0 Å². The number of hydrogen-bond donors (Lipinski definition) is 3. The van der Waals surface area contributed by atoms with E-state index in [0.29, 0.717) is 60.7 Å². The van der Waals surface area contributed by atoms with Gasteiger partial charge in [0, 0.05) is 50.3 Å². The fourth-order valence-electron chi connectivity index (χ4n) is 6.50. The lowest BCUT2D eigenvalue weighted by Gasteiger charge is -2.43. The summed E-state index contributed by atoms with van der Waals surface area (Å²) in [6.07, 6.45) is 2.21. The van der Waals surface area contributed by atoms with Crippen LogP contribution in [0, 0.1) is 11.8 Å². The molecule has 3 amide bonds. The minimum atomic E-state index is -4.69. The summed E-state index contributed by atoms with van der Waals surface area (Å²) in [7, 11) is 1.63. The normalized spacial score (nSPS) is 20.5. The van der Waals surface area contributed by atoms with Gasteiger partial charge in [-0.15, -0.1) is 0 Å². The molecule has 0 radical (unpaired) electrons. The van der Waals surface area contributed by atoms with Crippen molar-refractivity contribution in [2.45, 2.75) is 88.4 Å². The third kappa shape index (κ3) is 10.5. The highest BCUT2D eigenvalue weighted by Crippen LogP contribution is 2.40. The smallest absolute Gasteiger partial charge is 0.407 e. The number of amides is 3. The first-order valence-corrected chi connectivity index (χ1v) is 15.4. The average molecular weight is 620 g/mol. The molecule has 8 nitrogen and oxygen atoms in total. The Morgan fingerprint density at radius 2 is 1.90 bits per heavy atom. The highest BCUT2D eigenvalue weighted by Gasteiger charge is 2.42. The number of alkyl halides is 3. The molecule has 238 valence electrons. The molecule has 3 N–H and O–H groups in total. The van der Waals surface area contributed by atoms with Gasteiger partial charge in [-0.3, -0.25) is 4.90 Å². The highest BCUT2D eigenvalue weighted by molar-refractivity contribution is 6.30. The molecule has 0 spiro atoms. The zero-order chi connectivity index (χ0) is 30.8. The Bertz CT molecular complexity index is 1010. The van der Waals surface area contributed by atoms with E-state index in [1.54, 1.807) is 30.2 Å². The van der Waals surface area contributed by atoms with Crippen molar-refractivity contribution < 1.29 is 37.7 Å². The molecule has 1 heterocycles. The molecule has 1 saturated carbocycles. The predicted molar refractivity (Wildman–Crippen MR) is 155 cm³/mol. The van der Waals surface area contributed by atoms with E-state index >= 15 is 0 Å². The number of carbonyl (C=O) groups excluding carboxylic acids is 1. The molecule has 1 saturated heterocycles. The largest absolute Gasteiger partial charge is 0.465 e. The Morgan fingerprint density at radius 3 is 2.55 bits per heavy atom. The van der Waals surface area contributed by atoms with Crippen molar-refractivity contribution >= 4 is 23.7 Å². The molecule has 1 aliphatic heterocycles. The van der Waals surface area contributed by atoms with Crippen LogP contribution < -0.4 is 5.32 Å². The van der Waals surface area contributed by atoms with Gasteiger partial charge < -0.3 is 25.2 Å². The van der Waals surface area contributed by atoms with E-state index in [2.05, 4.69) is 5.32 Å². The standard InChI is InChI=1S/C30H45ClF3N3O5/c1-42-16-6-5-14-29(41,23-11-7-13-25(31)18-23)24-12-8-15-36(19-24)27(38)35-26(17-22-9-3-2-4-10-22)20-37(28(39)40)21-30(32,33)34/h7,11,13,18,22,24,26,41H,2-6,8-10,12,14-17,19-21H2,1H3,(H,35,38)(H,39,40)/t24-,26+,29-/m1/s1. The van der Waals surface area contributed by atoms with Crippen molar-refractivity contribution in [3.05, 3.63) is 34.9 Å². The van der Waals surface area contributed by atoms with E-state index in [1.165, 1.54) is 0 Å². The summed E-state index contributed by atoms with van der Waals surface area (Å²) < 4.78 is 44.6. The minimum Gasteiger partial charge on any atom is -0.465 e. The summed E-state index contributed by atoms with van der Waals surface area (Å²) >= 11 is 6.27. The van der Waals surface area contributed by atoms with Crippen LogP contribution in [0.4, 0.5) is 22.8 Å². The minimum absolute atomic E-state index is 0.208. The Hall–Kier alpha value is -2.24. The molecule has 42 heavy (non-hydrogen) atoms. The molecule has 2 aliphatic rings. The molecule has 0 aromatic heterocycles. The van der Waals surface area contributed by atoms with Crippen LogP contribution in [0.2, 0.25) is 5.02 Å². The molecule has 3 atom stereocenters. The SMILES string of the molecule is COCCCC[C@@](O)(c1cccc(Cl)c1)[C@@H]1CCCN(C(=O)N[C@@H](CC2CCCCC2)CN(CC(F)(F)F)C(=O)O)C1. The number of urea groups is 1. The number of carbonyl (C=O) groups is 2. The lowest BCUT2D eigenvalue weighted by Crippen LogP contribution is -2.55. The van der Waals surface area contributed by atoms with E-state index < -0.39 is 43.0 Å². The summed E-state index contributed by atoms with van der Waals surface area (Å²) in [4.78, 5) is 27.2. The van der Waals surface area contributed by atoms with Crippen LogP contribution in [-0.4, -0.2) is 84.3 Å². The number of piperidine rings is 1. The van der Waals surface area contributed by atoms with Crippen molar-refractivity contribution in [2.24, 2.45) is 11.8 Å². The van der Waals surface area contributed by atoms with Crippen molar-refractivity contribution in [2.75, 3.05) is 39.9 Å². The van der Waals surface area contributed by atoms with E-state index in [9.17, 15) is 33.0 Å². The second-order valence-electron chi connectivity index (χ2n) is 11.8. The van der Waals surface area contributed by atoms with Crippen LogP contribution in [0.25, 0.3) is 0 Å². The topological polar surface area (TPSA) is 102 Å². The van der Waals surface area contributed by atoms with Crippen LogP contribution in [0.1, 0.15) is 76.2 Å². The van der Waals surface area contributed by atoms with Gasteiger partial charge in [0.1, 0.15) is 6.54 Å². The van der Waals surface area contributed by atoms with Crippen molar-refractivity contribution in [3.63, 3.8) is 0 Å². The summed E-state index contributed by atoms with van der Waals surface area (Å²) in [6, 6.07) is 5.89. The van der Waals surface area contributed by atoms with E-state index in [1.807, 2.05) is 6.07 Å². The molecule has 1 aromatic carbocycles. The third-order valence-electron chi connectivity index (χ3n) is 8.62. The fraction of sp³-hybridized carbons (Fsp3) is 0.733. The second kappa shape index (κ2) is 16.0. The van der Waals surface area contributed by atoms with Crippen LogP contribution in [0.5, 0.6) is 0 Å². The van der Waals surface area contributed by atoms with E-state index in [0.717, 1.165) is 38.5 Å². The van der Waals surface area contributed by atoms with Crippen LogP contribution >= 0.6 is 11.6 Å². The lowest BCUT2D eigenvalue weighted by molar-refractivity contribution is -0.142. The van der Waals surface area contributed by atoms with Gasteiger partial charge in [-0.1, -0.05) is 55.8 Å². The summed E-state index contributed by atoms with van der Waals surface area (Å²) in [5.41, 5.74) is -0.564. The molecular formula is C30H45ClF3N3O5. The van der Waals surface area contributed by atoms with Crippen LogP contribution in [-0.2, 0) is 10.3 Å². The molecule has 0 bridgehead atoms. The summed E-state index contributed by atoms with van der Waals surface area (Å²) in [5.74, 6) is -0.0877. The number of carboxylic acid groups (broad SMARTS) is 1. The molecular weight excluding hydrogens is 575 g/mol. The third-order valence-corrected chi connectivity index (χ3v) is 8.85. The van der Waals surface area contributed by atoms with Gasteiger partial charge in [0.15, 0.2) is 0 Å². The zero-order valence-electron chi connectivity index (χ0n) is 24.4. The van der Waals surface area contributed by atoms with E-state index in [4.69, 9.17) is 16.3 Å². The number of nitrogens with zero attached hydrogens (tertiary/aromatic N) is 2. The number of ether oxygens (including phenoxy) is 1. The van der Waals surface area contributed by atoms with Gasteiger partial charge in [-0.25, -0.2) is 9.59 Å². The first kappa shape index (κ1) is 34.3. The first-order chi connectivity index (χ1) is 19.9. The maximum Gasteiger partial charge on any atom is 0.407 e. The maximum atomic E-state index is 13.6. The highest BCUT2D eigenvalue weighted by atomic mass is 35.5. The van der Waals surface area contributed by atoms with Gasteiger partial charge >= 0.3 is 18.3 Å². The zero-order valence-corrected chi connectivity index (χ0v) is 25.1. The molecule has 0 unspecified atom stereocenters. The predicted octanol–water partition coefficient (Wildman–Crippen LogP) is 6.65. The Kier molecular flexibility index (Phi) is 13.1. The number of rotatable bonds is 13. The molecule has 1 aliphatic carbocycles. The number of likely N-dealkylation sites (tertiary alicyclic amines) is 1. The number of hydrogen-bond acceptors (Lipinski definition) is 4. The number of nitrogens with one attached hydrogen (secondary N) is 1. The number of unbranched alkanes of at least 4 members (excludes halogenated alkanes) is 1. The lowest BCUT2D eigenvalue weighted by atomic mass is 9.74. The Labute approximate surface area is 251 Å².